The molecular formula is C16H12Cl3NO3. The van der Waals surface area contributed by atoms with Gasteiger partial charge < -0.3 is 10.1 Å². The zero-order chi connectivity index (χ0) is 16.9. The normalized spacial score (nSPS) is 12.3. The molecule has 2 rings (SSSR count). The summed E-state index contributed by atoms with van der Waals surface area (Å²) in [6, 6.07) is 14.7. The van der Waals surface area contributed by atoms with Gasteiger partial charge in [-0.15, -0.1) is 0 Å². The second-order valence-corrected chi connectivity index (χ2v) is 6.93. The van der Waals surface area contributed by atoms with E-state index in [-0.39, 0.29) is 0 Å². The highest BCUT2D eigenvalue weighted by Crippen LogP contribution is 2.32. The Hall–Kier alpha value is -1.75. The highest BCUT2D eigenvalue weighted by molar-refractivity contribution is 6.68. The summed E-state index contributed by atoms with van der Waals surface area (Å²) >= 11 is 17.6. The third kappa shape index (κ3) is 5.13. The lowest BCUT2D eigenvalue weighted by molar-refractivity contribution is 0.0833. The van der Waals surface area contributed by atoms with E-state index < -0.39 is 15.9 Å². The van der Waals surface area contributed by atoms with Crippen molar-refractivity contribution in [2.75, 3.05) is 0 Å². The first-order valence-corrected chi connectivity index (χ1v) is 7.68. The third-order valence-corrected chi connectivity index (χ3v) is 3.46. The molecule has 0 saturated carbocycles. The van der Waals surface area contributed by atoms with Crippen LogP contribution in [0, 0.1) is 0 Å². The van der Waals surface area contributed by atoms with Gasteiger partial charge in [-0.3, -0.25) is 9.59 Å². The highest BCUT2D eigenvalue weighted by atomic mass is 35.6. The average molecular weight is 373 g/mol. The molecule has 0 saturated heterocycles. The Morgan fingerprint density at radius 3 is 2.17 bits per heavy atom. The van der Waals surface area contributed by atoms with E-state index in [0.29, 0.717) is 23.2 Å². The molecule has 0 heterocycles. The number of carbonyl (C=O) groups excluding carboxylic acids is 2. The van der Waals surface area contributed by atoms with Gasteiger partial charge in [0.1, 0.15) is 12.0 Å². The van der Waals surface area contributed by atoms with Gasteiger partial charge in [0.25, 0.3) is 5.91 Å². The molecule has 120 valence electrons. The monoisotopic (exact) mass is 371 g/mol. The molecule has 0 aliphatic heterocycles. The summed E-state index contributed by atoms with van der Waals surface area (Å²) in [6.07, 6.45) is -0.504. The Balaban J connectivity index is 2.14. The van der Waals surface area contributed by atoms with E-state index in [9.17, 15) is 9.59 Å². The van der Waals surface area contributed by atoms with Crippen molar-refractivity contribution in [1.82, 2.24) is 5.32 Å². The van der Waals surface area contributed by atoms with Crippen LogP contribution < -0.4 is 10.1 Å². The van der Waals surface area contributed by atoms with E-state index in [1.54, 1.807) is 54.6 Å². The average Bonchev–Trinajstić information content (AvgIpc) is 2.54. The Kier molecular flexibility index (Phi) is 5.88. The largest absolute Gasteiger partial charge is 0.466 e. The fraction of sp³-hybridized carbons (Fsp3) is 0.125. The number of amides is 1. The topological polar surface area (TPSA) is 55.4 Å². The van der Waals surface area contributed by atoms with Crippen LogP contribution in [0.4, 0.5) is 0 Å². The molecule has 0 fully saturated rings. The van der Waals surface area contributed by atoms with Crippen LogP contribution in [0.1, 0.15) is 20.7 Å². The van der Waals surface area contributed by atoms with Crippen molar-refractivity contribution in [2.45, 2.75) is 10.0 Å². The van der Waals surface area contributed by atoms with Gasteiger partial charge in [0, 0.05) is 11.1 Å². The van der Waals surface area contributed by atoms with Crippen LogP contribution in [0.2, 0.25) is 0 Å². The lowest BCUT2D eigenvalue weighted by Gasteiger charge is -2.26. The van der Waals surface area contributed by atoms with E-state index in [4.69, 9.17) is 39.5 Å². The van der Waals surface area contributed by atoms with Crippen molar-refractivity contribution in [3.8, 4) is 5.75 Å². The van der Waals surface area contributed by atoms with Crippen LogP contribution in [0.15, 0.2) is 54.6 Å². The Morgan fingerprint density at radius 2 is 1.65 bits per heavy atom. The molecule has 0 aliphatic rings. The minimum absolute atomic E-state index is 0.347. The van der Waals surface area contributed by atoms with Crippen LogP contribution in [-0.2, 0) is 0 Å². The van der Waals surface area contributed by atoms with E-state index in [0.717, 1.165) is 0 Å². The minimum Gasteiger partial charge on any atom is -0.466 e. The molecule has 1 unspecified atom stereocenters. The number of alkyl halides is 3. The Morgan fingerprint density at radius 1 is 1.04 bits per heavy atom. The highest BCUT2D eigenvalue weighted by Gasteiger charge is 2.36. The van der Waals surface area contributed by atoms with Crippen molar-refractivity contribution in [3.63, 3.8) is 0 Å². The summed E-state index contributed by atoms with van der Waals surface area (Å²) in [4.78, 5) is 22.8. The van der Waals surface area contributed by atoms with Crippen molar-refractivity contribution >= 4 is 47.0 Å². The van der Waals surface area contributed by atoms with Crippen LogP contribution in [-0.4, -0.2) is 22.2 Å². The minimum atomic E-state index is -1.88. The van der Waals surface area contributed by atoms with E-state index >= 15 is 0 Å². The molecule has 0 aromatic heterocycles. The van der Waals surface area contributed by atoms with Crippen molar-refractivity contribution in [1.29, 1.82) is 0 Å². The number of rotatable bonds is 5. The summed E-state index contributed by atoms with van der Waals surface area (Å²) in [6.45, 7) is 0. The van der Waals surface area contributed by atoms with Gasteiger partial charge in [-0.2, -0.15) is 0 Å². The van der Waals surface area contributed by atoms with Gasteiger partial charge in [0.05, 0.1) is 0 Å². The number of halogens is 3. The third-order valence-electron chi connectivity index (χ3n) is 2.87. The van der Waals surface area contributed by atoms with Gasteiger partial charge in [0.2, 0.25) is 10.0 Å². The lowest BCUT2D eigenvalue weighted by atomic mass is 10.2. The first-order chi connectivity index (χ1) is 10.9. The quantitative estimate of drug-likeness (QED) is 0.490. The molecule has 2 aromatic rings. The molecule has 1 amide bonds. The first-order valence-electron chi connectivity index (χ1n) is 6.54. The molecule has 0 aliphatic carbocycles. The molecule has 0 radical (unpaired) electrons. The summed E-state index contributed by atoms with van der Waals surface area (Å²) in [5.41, 5.74) is 0.891. The lowest BCUT2D eigenvalue weighted by Crippen LogP contribution is -2.47. The van der Waals surface area contributed by atoms with E-state index in [2.05, 4.69) is 5.32 Å². The standard InChI is InChI=1S/C16H12Cl3NO3/c17-16(18,19)15(20-14(22)12-4-2-1-3-5-12)23-13-8-6-11(10-21)7-9-13/h1-10,15H,(H,20,22). The van der Waals surface area contributed by atoms with Gasteiger partial charge in [-0.25, -0.2) is 0 Å². The molecule has 4 nitrogen and oxygen atoms in total. The number of benzene rings is 2. The number of hydrogen-bond donors (Lipinski definition) is 1. The summed E-state index contributed by atoms with van der Waals surface area (Å²) < 4.78 is 3.65. The van der Waals surface area contributed by atoms with Gasteiger partial charge in [0.15, 0.2) is 0 Å². The number of ether oxygens (including phenoxy) is 1. The van der Waals surface area contributed by atoms with Gasteiger partial charge >= 0.3 is 0 Å². The SMILES string of the molecule is O=Cc1ccc(OC(NC(=O)c2ccccc2)C(Cl)(Cl)Cl)cc1. The van der Waals surface area contributed by atoms with Crippen LogP contribution in [0.3, 0.4) is 0 Å². The smallest absolute Gasteiger partial charge is 0.254 e. The molecule has 23 heavy (non-hydrogen) atoms. The molecule has 1 atom stereocenters. The number of nitrogens with one attached hydrogen (secondary N) is 1. The zero-order valence-electron chi connectivity index (χ0n) is 11.7. The van der Waals surface area contributed by atoms with Gasteiger partial charge in [-0.1, -0.05) is 53.0 Å². The molecule has 1 N–H and O–H groups in total. The maximum absolute atomic E-state index is 12.2. The number of carbonyl (C=O) groups is 2. The van der Waals surface area contributed by atoms with Gasteiger partial charge in [-0.05, 0) is 36.4 Å². The van der Waals surface area contributed by atoms with Crippen molar-refractivity contribution < 1.29 is 14.3 Å². The van der Waals surface area contributed by atoms with Crippen molar-refractivity contribution in [2.24, 2.45) is 0 Å². The number of aldehydes is 1. The Labute approximate surface area is 148 Å². The molecule has 7 heteroatoms. The molecule has 2 aromatic carbocycles. The van der Waals surface area contributed by atoms with Crippen molar-refractivity contribution in [3.05, 3.63) is 65.7 Å². The Bertz CT molecular complexity index is 669. The van der Waals surface area contributed by atoms with Crippen LogP contribution in [0.25, 0.3) is 0 Å². The molecule has 0 spiro atoms. The van der Waals surface area contributed by atoms with Crippen LogP contribution >= 0.6 is 34.8 Å². The summed E-state index contributed by atoms with van der Waals surface area (Å²) in [5, 5.41) is 2.52. The number of hydrogen-bond acceptors (Lipinski definition) is 3. The zero-order valence-corrected chi connectivity index (χ0v) is 14.0. The summed E-state index contributed by atoms with van der Waals surface area (Å²) in [7, 11) is 0. The fourth-order valence-corrected chi connectivity index (χ4v) is 2.03. The fourth-order valence-electron chi connectivity index (χ4n) is 1.73. The second-order valence-electron chi connectivity index (χ2n) is 4.57. The predicted octanol–water partition coefficient (Wildman–Crippen LogP) is 4.00. The predicted molar refractivity (Wildman–Crippen MR) is 90.4 cm³/mol. The van der Waals surface area contributed by atoms with Crippen LogP contribution in [0.5, 0.6) is 5.75 Å². The second kappa shape index (κ2) is 7.68. The van der Waals surface area contributed by atoms with E-state index in [1.165, 1.54) is 0 Å². The molecular weight excluding hydrogens is 361 g/mol. The summed E-state index contributed by atoms with van der Waals surface area (Å²) in [5.74, 6) is -0.0910. The van der Waals surface area contributed by atoms with E-state index in [1.807, 2.05) is 0 Å². The first kappa shape index (κ1) is 17.6. The maximum atomic E-state index is 12.2. The molecule has 0 bridgehead atoms. The maximum Gasteiger partial charge on any atom is 0.254 e.